The SMILES string of the molecule is CCC1(C(CCCC2CCCO2)NC)CCCC1. The predicted octanol–water partition coefficient (Wildman–Crippen LogP) is 3.89. The average molecular weight is 253 g/mol. The average Bonchev–Trinajstić information content (AvgIpc) is 3.06. The summed E-state index contributed by atoms with van der Waals surface area (Å²) < 4.78 is 5.72. The van der Waals surface area contributed by atoms with Gasteiger partial charge in [-0.1, -0.05) is 19.8 Å². The molecule has 0 spiro atoms. The summed E-state index contributed by atoms with van der Waals surface area (Å²) >= 11 is 0. The molecule has 0 radical (unpaired) electrons. The van der Waals surface area contributed by atoms with Crippen molar-refractivity contribution in [1.29, 1.82) is 0 Å². The van der Waals surface area contributed by atoms with Gasteiger partial charge in [-0.2, -0.15) is 0 Å². The molecule has 0 amide bonds. The van der Waals surface area contributed by atoms with Gasteiger partial charge in [0.1, 0.15) is 0 Å². The number of ether oxygens (including phenoxy) is 1. The molecule has 2 fully saturated rings. The van der Waals surface area contributed by atoms with Crippen LogP contribution in [-0.2, 0) is 4.74 Å². The molecule has 106 valence electrons. The van der Waals surface area contributed by atoms with E-state index >= 15 is 0 Å². The Hall–Kier alpha value is -0.0800. The van der Waals surface area contributed by atoms with E-state index in [-0.39, 0.29) is 0 Å². The summed E-state index contributed by atoms with van der Waals surface area (Å²) in [6.07, 6.45) is 14.2. The quantitative estimate of drug-likeness (QED) is 0.743. The topological polar surface area (TPSA) is 21.3 Å². The van der Waals surface area contributed by atoms with E-state index < -0.39 is 0 Å². The van der Waals surface area contributed by atoms with Crippen molar-refractivity contribution in [3.8, 4) is 0 Å². The molecule has 1 aliphatic carbocycles. The van der Waals surface area contributed by atoms with Gasteiger partial charge in [0.15, 0.2) is 0 Å². The molecule has 0 aromatic rings. The molecule has 1 heterocycles. The minimum absolute atomic E-state index is 0.573. The molecule has 2 unspecified atom stereocenters. The summed E-state index contributed by atoms with van der Waals surface area (Å²) in [6.45, 7) is 3.38. The first-order chi connectivity index (χ1) is 8.80. The van der Waals surface area contributed by atoms with Crippen molar-refractivity contribution >= 4 is 0 Å². The smallest absolute Gasteiger partial charge is 0.0576 e. The van der Waals surface area contributed by atoms with Crippen molar-refractivity contribution < 1.29 is 4.74 Å². The van der Waals surface area contributed by atoms with Crippen molar-refractivity contribution in [2.75, 3.05) is 13.7 Å². The largest absolute Gasteiger partial charge is 0.378 e. The maximum absolute atomic E-state index is 5.72. The standard InChI is InChI=1S/C16H31NO/c1-3-16(11-4-5-12-16)15(17-2)10-6-8-14-9-7-13-18-14/h14-15,17H,3-13H2,1-2H3. The molecule has 2 atom stereocenters. The van der Waals surface area contributed by atoms with Crippen LogP contribution in [0.1, 0.15) is 71.1 Å². The van der Waals surface area contributed by atoms with E-state index in [0.29, 0.717) is 11.5 Å². The zero-order valence-corrected chi connectivity index (χ0v) is 12.3. The number of rotatable bonds is 7. The molecule has 0 bridgehead atoms. The summed E-state index contributed by atoms with van der Waals surface area (Å²) in [5, 5.41) is 3.62. The van der Waals surface area contributed by atoms with Crippen LogP contribution in [0.2, 0.25) is 0 Å². The van der Waals surface area contributed by atoms with Gasteiger partial charge in [-0.3, -0.25) is 0 Å². The molecule has 0 aromatic heterocycles. The van der Waals surface area contributed by atoms with E-state index in [1.807, 2.05) is 0 Å². The van der Waals surface area contributed by atoms with Crippen LogP contribution in [0, 0.1) is 5.41 Å². The van der Waals surface area contributed by atoms with Gasteiger partial charge in [0.2, 0.25) is 0 Å². The van der Waals surface area contributed by atoms with Crippen molar-refractivity contribution in [3.05, 3.63) is 0 Å². The highest BCUT2D eigenvalue weighted by atomic mass is 16.5. The second-order valence-electron chi connectivity index (χ2n) is 6.33. The lowest BCUT2D eigenvalue weighted by Gasteiger charge is -2.37. The van der Waals surface area contributed by atoms with Gasteiger partial charge in [-0.15, -0.1) is 0 Å². The third kappa shape index (κ3) is 3.27. The van der Waals surface area contributed by atoms with Crippen molar-refractivity contribution in [3.63, 3.8) is 0 Å². The second kappa shape index (κ2) is 6.91. The summed E-state index contributed by atoms with van der Waals surface area (Å²) in [6, 6.07) is 0.728. The lowest BCUT2D eigenvalue weighted by atomic mass is 9.74. The van der Waals surface area contributed by atoms with Crippen molar-refractivity contribution in [1.82, 2.24) is 5.32 Å². The van der Waals surface area contributed by atoms with E-state index in [4.69, 9.17) is 4.74 Å². The van der Waals surface area contributed by atoms with Crippen molar-refractivity contribution in [2.45, 2.75) is 83.3 Å². The number of hydrogen-bond donors (Lipinski definition) is 1. The van der Waals surface area contributed by atoms with Gasteiger partial charge in [0.25, 0.3) is 0 Å². The maximum Gasteiger partial charge on any atom is 0.0576 e. The fourth-order valence-electron chi connectivity index (χ4n) is 4.21. The molecule has 1 aliphatic heterocycles. The lowest BCUT2D eigenvalue weighted by molar-refractivity contribution is 0.0975. The Morgan fingerprint density at radius 3 is 2.61 bits per heavy atom. The molecular formula is C16H31NO. The Morgan fingerprint density at radius 1 is 1.28 bits per heavy atom. The molecule has 2 nitrogen and oxygen atoms in total. The van der Waals surface area contributed by atoms with Gasteiger partial charge in [-0.05, 0) is 63.8 Å². The highest BCUT2D eigenvalue weighted by Crippen LogP contribution is 2.45. The maximum atomic E-state index is 5.72. The van der Waals surface area contributed by atoms with Crippen LogP contribution in [0.5, 0.6) is 0 Å². The van der Waals surface area contributed by atoms with Crippen LogP contribution in [0.25, 0.3) is 0 Å². The lowest BCUT2D eigenvalue weighted by Crippen LogP contribution is -2.41. The first-order valence-electron chi connectivity index (χ1n) is 8.09. The van der Waals surface area contributed by atoms with E-state index in [0.717, 1.165) is 12.6 Å². The molecule has 1 saturated carbocycles. The molecule has 2 heteroatoms. The van der Waals surface area contributed by atoms with E-state index in [1.165, 1.54) is 64.2 Å². The molecule has 2 rings (SSSR count). The monoisotopic (exact) mass is 253 g/mol. The first-order valence-corrected chi connectivity index (χ1v) is 8.09. The van der Waals surface area contributed by atoms with Crippen molar-refractivity contribution in [2.24, 2.45) is 5.41 Å². The zero-order chi connectivity index (χ0) is 12.8. The Labute approximate surface area is 113 Å². The Kier molecular flexibility index (Phi) is 5.50. The minimum atomic E-state index is 0.573. The highest BCUT2D eigenvalue weighted by Gasteiger charge is 2.38. The van der Waals surface area contributed by atoms with Crippen LogP contribution in [-0.4, -0.2) is 25.8 Å². The van der Waals surface area contributed by atoms with Gasteiger partial charge in [0, 0.05) is 12.6 Å². The van der Waals surface area contributed by atoms with E-state index in [1.54, 1.807) is 0 Å². The summed E-state index contributed by atoms with van der Waals surface area (Å²) in [5.41, 5.74) is 0.602. The zero-order valence-electron chi connectivity index (χ0n) is 12.3. The van der Waals surface area contributed by atoms with E-state index in [2.05, 4.69) is 19.3 Å². The van der Waals surface area contributed by atoms with Crippen LogP contribution in [0.3, 0.4) is 0 Å². The van der Waals surface area contributed by atoms with Gasteiger partial charge >= 0.3 is 0 Å². The highest BCUT2D eigenvalue weighted by molar-refractivity contribution is 4.93. The Bertz CT molecular complexity index is 229. The van der Waals surface area contributed by atoms with Crippen LogP contribution in [0.15, 0.2) is 0 Å². The fourth-order valence-corrected chi connectivity index (χ4v) is 4.21. The van der Waals surface area contributed by atoms with E-state index in [9.17, 15) is 0 Å². The molecule has 1 N–H and O–H groups in total. The molecule has 0 aromatic carbocycles. The second-order valence-corrected chi connectivity index (χ2v) is 6.33. The Morgan fingerprint density at radius 2 is 2.06 bits per heavy atom. The van der Waals surface area contributed by atoms with Gasteiger partial charge in [0.05, 0.1) is 6.10 Å². The predicted molar refractivity (Wildman–Crippen MR) is 76.9 cm³/mol. The normalized spacial score (nSPS) is 28.7. The van der Waals surface area contributed by atoms with Crippen LogP contribution >= 0.6 is 0 Å². The number of nitrogens with one attached hydrogen (secondary N) is 1. The molecule has 18 heavy (non-hydrogen) atoms. The third-order valence-corrected chi connectivity index (χ3v) is 5.43. The Balaban J connectivity index is 1.77. The van der Waals surface area contributed by atoms with Crippen LogP contribution in [0.4, 0.5) is 0 Å². The minimum Gasteiger partial charge on any atom is -0.378 e. The van der Waals surface area contributed by atoms with Crippen LogP contribution < -0.4 is 5.32 Å². The first kappa shape index (κ1) is 14.3. The van der Waals surface area contributed by atoms with Gasteiger partial charge < -0.3 is 10.1 Å². The molecular weight excluding hydrogens is 222 g/mol. The number of hydrogen-bond acceptors (Lipinski definition) is 2. The van der Waals surface area contributed by atoms with Gasteiger partial charge in [-0.25, -0.2) is 0 Å². The molecule has 2 aliphatic rings. The fraction of sp³-hybridized carbons (Fsp3) is 1.00. The molecule has 1 saturated heterocycles. The third-order valence-electron chi connectivity index (χ3n) is 5.43. The summed E-state index contributed by atoms with van der Waals surface area (Å²) in [7, 11) is 2.16. The summed E-state index contributed by atoms with van der Waals surface area (Å²) in [5.74, 6) is 0. The summed E-state index contributed by atoms with van der Waals surface area (Å²) in [4.78, 5) is 0.